The van der Waals surface area contributed by atoms with E-state index in [0.717, 1.165) is 19.3 Å². The van der Waals surface area contributed by atoms with Gasteiger partial charge in [-0.25, -0.2) is 0 Å². The summed E-state index contributed by atoms with van der Waals surface area (Å²) in [6, 6.07) is 0.282. The molecule has 0 aromatic carbocycles. The average molecular weight is 327 g/mol. The summed E-state index contributed by atoms with van der Waals surface area (Å²) in [4.78, 5) is 36.0. The summed E-state index contributed by atoms with van der Waals surface area (Å²) in [6.07, 6.45) is 2.77. The van der Waals surface area contributed by atoms with Crippen LogP contribution in [0.2, 0.25) is 0 Å². The third-order valence-corrected chi connectivity index (χ3v) is 4.13. The number of carbonyl (C=O) groups is 3. The van der Waals surface area contributed by atoms with E-state index in [4.69, 9.17) is 5.11 Å². The van der Waals surface area contributed by atoms with Crippen LogP contribution in [0.25, 0.3) is 0 Å². The minimum Gasteiger partial charge on any atom is -0.480 e. The number of nitrogens with zero attached hydrogens (tertiary/aromatic N) is 1. The quantitative estimate of drug-likeness (QED) is 0.545. The maximum atomic E-state index is 11.8. The number of hydrogen-bond donors (Lipinski definition) is 3. The Morgan fingerprint density at radius 1 is 1.22 bits per heavy atom. The molecule has 1 rings (SSSR count). The number of carboxylic acids is 1. The van der Waals surface area contributed by atoms with Crippen LogP contribution in [0.15, 0.2) is 0 Å². The van der Waals surface area contributed by atoms with E-state index in [-0.39, 0.29) is 37.0 Å². The third kappa shape index (κ3) is 7.45. The molecule has 0 unspecified atom stereocenters. The normalized spacial score (nSPS) is 20.2. The van der Waals surface area contributed by atoms with Gasteiger partial charge in [0.25, 0.3) is 0 Å². The Morgan fingerprint density at radius 3 is 2.39 bits per heavy atom. The predicted molar refractivity (Wildman–Crippen MR) is 86.9 cm³/mol. The molecule has 1 fully saturated rings. The fourth-order valence-electron chi connectivity index (χ4n) is 2.64. The number of aliphatic carboxylic acids is 1. The molecule has 3 N–H and O–H groups in total. The van der Waals surface area contributed by atoms with E-state index in [0.29, 0.717) is 18.9 Å². The minimum atomic E-state index is -0.830. The molecule has 0 saturated heterocycles. The fraction of sp³-hybridized carbons (Fsp3) is 0.812. The van der Waals surface area contributed by atoms with Crippen molar-refractivity contribution in [3.05, 3.63) is 0 Å². The third-order valence-electron chi connectivity index (χ3n) is 4.13. The zero-order chi connectivity index (χ0) is 17.4. The first-order valence-corrected chi connectivity index (χ1v) is 8.33. The minimum absolute atomic E-state index is 0.00468. The Balaban J connectivity index is 2.17. The zero-order valence-electron chi connectivity index (χ0n) is 14.3. The van der Waals surface area contributed by atoms with Gasteiger partial charge in [-0.2, -0.15) is 0 Å². The van der Waals surface area contributed by atoms with Crippen LogP contribution in [-0.4, -0.2) is 59.5 Å². The molecule has 2 amide bonds. The number of carbonyl (C=O) groups excluding carboxylic acids is 2. The first-order chi connectivity index (χ1) is 10.8. The standard InChI is InChI=1S/C16H29N3O4/c1-4-19(10-16(22)23)13-7-12(8-13)18-15(21)9-17-14(20)6-5-11(2)3/h11-13H,4-10H2,1-3H3,(H,17,20)(H,18,21)(H,22,23). The van der Waals surface area contributed by atoms with E-state index in [1.165, 1.54) is 0 Å². The summed E-state index contributed by atoms with van der Waals surface area (Å²) in [5.74, 6) is -0.649. The molecule has 0 spiro atoms. The van der Waals surface area contributed by atoms with Gasteiger partial charge in [-0.1, -0.05) is 20.8 Å². The summed E-state index contributed by atoms with van der Waals surface area (Å²) in [7, 11) is 0. The van der Waals surface area contributed by atoms with Crippen LogP contribution in [0.3, 0.4) is 0 Å². The summed E-state index contributed by atoms with van der Waals surface area (Å²) in [6.45, 7) is 6.76. The highest BCUT2D eigenvalue weighted by Gasteiger charge is 2.34. The molecule has 132 valence electrons. The second kappa shape index (κ2) is 9.50. The van der Waals surface area contributed by atoms with Crippen molar-refractivity contribution in [3.63, 3.8) is 0 Å². The number of amides is 2. The van der Waals surface area contributed by atoms with Gasteiger partial charge < -0.3 is 15.7 Å². The molecular formula is C16H29N3O4. The maximum absolute atomic E-state index is 11.8. The van der Waals surface area contributed by atoms with E-state index < -0.39 is 5.97 Å². The van der Waals surface area contributed by atoms with Gasteiger partial charge in [-0.05, 0) is 31.7 Å². The van der Waals surface area contributed by atoms with E-state index >= 15 is 0 Å². The van der Waals surface area contributed by atoms with E-state index in [9.17, 15) is 14.4 Å². The highest BCUT2D eigenvalue weighted by atomic mass is 16.4. The van der Waals surface area contributed by atoms with Crippen LogP contribution in [0, 0.1) is 5.92 Å². The first-order valence-electron chi connectivity index (χ1n) is 8.33. The molecule has 23 heavy (non-hydrogen) atoms. The van der Waals surface area contributed by atoms with Gasteiger partial charge in [0.15, 0.2) is 0 Å². The van der Waals surface area contributed by atoms with Crippen molar-refractivity contribution in [2.75, 3.05) is 19.6 Å². The maximum Gasteiger partial charge on any atom is 0.317 e. The summed E-state index contributed by atoms with van der Waals surface area (Å²) in [5, 5.41) is 14.3. The van der Waals surface area contributed by atoms with E-state index in [1.54, 1.807) is 0 Å². The van der Waals surface area contributed by atoms with Crippen LogP contribution in [-0.2, 0) is 14.4 Å². The lowest BCUT2D eigenvalue weighted by Crippen LogP contribution is -2.55. The van der Waals surface area contributed by atoms with Crippen molar-refractivity contribution in [2.45, 2.75) is 58.5 Å². The molecule has 0 radical (unpaired) electrons. The first kappa shape index (κ1) is 19.4. The molecule has 0 aromatic rings. The molecule has 1 saturated carbocycles. The summed E-state index contributed by atoms with van der Waals surface area (Å²) >= 11 is 0. The molecular weight excluding hydrogens is 298 g/mol. The summed E-state index contributed by atoms with van der Waals surface area (Å²) in [5.41, 5.74) is 0. The van der Waals surface area contributed by atoms with Crippen molar-refractivity contribution in [1.29, 1.82) is 0 Å². The highest BCUT2D eigenvalue weighted by Crippen LogP contribution is 2.25. The molecule has 7 heteroatoms. The average Bonchev–Trinajstić information content (AvgIpc) is 2.43. The largest absolute Gasteiger partial charge is 0.480 e. The van der Waals surface area contributed by atoms with Gasteiger partial charge >= 0.3 is 5.97 Å². The van der Waals surface area contributed by atoms with Crippen LogP contribution in [0.4, 0.5) is 0 Å². The lowest BCUT2D eigenvalue weighted by Gasteiger charge is -2.42. The number of rotatable bonds is 10. The Labute approximate surface area is 137 Å². The van der Waals surface area contributed by atoms with E-state index in [2.05, 4.69) is 24.5 Å². The zero-order valence-corrected chi connectivity index (χ0v) is 14.3. The van der Waals surface area contributed by atoms with Crippen molar-refractivity contribution in [3.8, 4) is 0 Å². The Bertz CT molecular complexity index is 420. The fourth-order valence-corrected chi connectivity index (χ4v) is 2.64. The second-order valence-corrected chi connectivity index (χ2v) is 6.56. The van der Waals surface area contributed by atoms with Gasteiger partial charge in [0.1, 0.15) is 0 Å². The van der Waals surface area contributed by atoms with E-state index in [1.807, 2.05) is 11.8 Å². The summed E-state index contributed by atoms with van der Waals surface area (Å²) < 4.78 is 0. The molecule has 0 bridgehead atoms. The number of likely N-dealkylation sites (N-methyl/N-ethyl adjacent to an activating group) is 1. The van der Waals surface area contributed by atoms with Crippen molar-refractivity contribution < 1.29 is 19.5 Å². The van der Waals surface area contributed by atoms with Gasteiger partial charge in [-0.3, -0.25) is 19.3 Å². The van der Waals surface area contributed by atoms with Gasteiger partial charge in [0, 0.05) is 18.5 Å². The van der Waals surface area contributed by atoms with Crippen molar-refractivity contribution in [2.24, 2.45) is 5.92 Å². The topological polar surface area (TPSA) is 98.7 Å². The lowest BCUT2D eigenvalue weighted by atomic mass is 9.85. The van der Waals surface area contributed by atoms with Crippen LogP contribution in [0.1, 0.15) is 46.5 Å². The van der Waals surface area contributed by atoms with Crippen molar-refractivity contribution in [1.82, 2.24) is 15.5 Å². The molecule has 7 nitrogen and oxygen atoms in total. The number of hydrogen-bond acceptors (Lipinski definition) is 4. The van der Waals surface area contributed by atoms with Crippen LogP contribution in [0.5, 0.6) is 0 Å². The van der Waals surface area contributed by atoms with Gasteiger partial charge in [0.05, 0.1) is 13.1 Å². The molecule has 1 aliphatic carbocycles. The second-order valence-electron chi connectivity index (χ2n) is 6.56. The number of nitrogens with one attached hydrogen (secondary N) is 2. The number of carboxylic acid groups (broad SMARTS) is 1. The Kier molecular flexibility index (Phi) is 8.02. The highest BCUT2D eigenvalue weighted by molar-refractivity contribution is 5.84. The van der Waals surface area contributed by atoms with Gasteiger partial charge in [-0.15, -0.1) is 0 Å². The molecule has 0 heterocycles. The SMILES string of the molecule is CCN(CC(=O)O)C1CC(NC(=O)CNC(=O)CCC(C)C)C1. The molecule has 1 aliphatic rings. The Morgan fingerprint density at radius 2 is 1.87 bits per heavy atom. The lowest BCUT2D eigenvalue weighted by molar-refractivity contribution is -0.139. The van der Waals surface area contributed by atoms with Crippen LogP contribution < -0.4 is 10.6 Å². The molecule has 0 atom stereocenters. The molecule has 0 aromatic heterocycles. The Hall–Kier alpha value is -1.63. The smallest absolute Gasteiger partial charge is 0.317 e. The van der Waals surface area contributed by atoms with Crippen LogP contribution >= 0.6 is 0 Å². The predicted octanol–water partition coefficient (Wildman–Crippen LogP) is 0.593. The molecule has 0 aliphatic heterocycles. The van der Waals surface area contributed by atoms with Gasteiger partial charge in [0.2, 0.25) is 11.8 Å². The van der Waals surface area contributed by atoms with Crippen molar-refractivity contribution >= 4 is 17.8 Å². The monoisotopic (exact) mass is 327 g/mol.